The topological polar surface area (TPSA) is 90.7 Å². The third-order valence-corrected chi connectivity index (χ3v) is 4.38. The summed E-state index contributed by atoms with van der Waals surface area (Å²) in [5, 5.41) is 5.21. The molecule has 134 valence electrons. The van der Waals surface area contributed by atoms with Crippen molar-refractivity contribution in [3.8, 4) is 16.5 Å². The van der Waals surface area contributed by atoms with E-state index in [9.17, 15) is 9.59 Å². The highest BCUT2D eigenvalue weighted by Gasteiger charge is 2.14. The summed E-state index contributed by atoms with van der Waals surface area (Å²) < 4.78 is 15.0. The van der Waals surface area contributed by atoms with E-state index in [1.54, 1.807) is 35.9 Å². The molecule has 0 bridgehead atoms. The molecule has 7 nitrogen and oxygen atoms in total. The summed E-state index contributed by atoms with van der Waals surface area (Å²) in [5.41, 5.74) is 0.738. The first-order chi connectivity index (χ1) is 12.6. The number of aromatic nitrogens is 1. The van der Waals surface area contributed by atoms with Crippen LogP contribution in [0.5, 0.6) is 5.75 Å². The summed E-state index contributed by atoms with van der Waals surface area (Å²) in [7, 11) is 1.27. The predicted octanol–water partition coefficient (Wildman–Crippen LogP) is 3.86. The SMILES string of the molecule is COC(=O)COc1ccc(NC(=O)c2csc(-c3ccco3)n2)cc1Cl. The minimum atomic E-state index is -0.519. The monoisotopic (exact) mass is 392 g/mol. The summed E-state index contributed by atoms with van der Waals surface area (Å²) in [6.45, 7) is -0.254. The van der Waals surface area contributed by atoms with Crippen LogP contribution >= 0.6 is 22.9 Å². The Morgan fingerprint density at radius 1 is 1.35 bits per heavy atom. The number of rotatable bonds is 6. The average Bonchev–Trinajstić information content (AvgIpc) is 3.31. The van der Waals surface area contributed by atoms with Crippen LogP contribution in [0, 0.1) is 0 Å². The molecule has 0 aliphatic heterocycles. The summed E-state index contributed by atoms with van der Waals surface area (Å²) in [5.74, 6) is 0.0146. The third-order valence-electron chi connectivity index (χ3n) is 3.23. The van der Waals surface area contributed by atoms with Crippen LogP contribution in [-0.4, -0.2) is 30.6 Å². The molecule has 0 unspecified atom stereocenters. The number of esters is 1. The number of hydrogen-bond acceptors (Lipinski definition) is 7. The van der Waals surface area contributed by atoms with Crippen molar-refractivity contribution in [2.75, 3.05) is 19.0 Å². The molecule has 0 saturated carbocycles. The lowest BCUT2D eigenvalue weighted by Crippen LogP contribution is -2.13. The Labute approximate surface area is 157 Å². The normalized spacial score (nSPS) is 10.4. The Balaban J connectivity index is 1.66. The molecule has 1 N–H and O–H groups in total. The lowest BCUT2D eigenvalue weighted by Gasteiger charge is -2.09. The average molecular weight is 393 g/mol. The van der Waals surface area contributed by atoms with Crippen LogP contribution < -0.4 is 10.1 Å². The van der Waals surface area contributed by atoms with Gasteiger partial charge in [0.05, 0.1) is 18.4 Å². The van der Waals surface area contributed by atoms with Crippen LogP contribution in [0.2, 0.25) is 5.02 Å². The number of halogens is 1. The number of furan rings is 1. The van der Waals surface area contributed by atoms with Crippen LogP contribution in [0.25, 0.3) is 10.8 Å². The molecular weight excluding hydrogens is 380 g/mol. The van der Waals surface area contributed by atoms with Gasteiger partial charge in [-0.15, -0.1) is 11.3 Å². The Kier molecular flexibility index (Phi) is 5.55. The van der Waals surface area contributed by atoms with E-state index in [1.807, 2.05) is 0 Å². The van der Waals surface area contributed by atoms with Crippen molar-refractivity contribution >= 4 is 40.5 Å². The van der Waals surface area contributed by atoms with E-state index in [-0.39, 0.29) is 23.2 Å². The van der Waals surface area contributed by atoms with E-state index in [2.05, 4.69) is 15.0 Å². The number of thiazole rings is 1. The van der Waals surface area contributed by atoms with E-state index in [1.165, 1.54) is 24.5 Å². The van der Waals surface area contributed by atoms with Gasteiger partial charge in [-0.2, -0.15) is 0 Å². The summed E-state index contributed by atoms with van der Waals surface area (Å²) in [4.78, 5) is 27.7. The van der Waals surface area contributed by atoms with Crippen LogP contribution in [0.3, 0.4) is 0 Å². The molecule has 9 heteroatoms. The van der Waals surface area contributed by atoms with Crippen molar-refractivity contribution in [1.29, 1.82) is 0 Å². The van der Waals surface area contributed by atoms with Crippen molar-refractivity contribution in [3.63, 3.8) is 0 Å². The van der Waals surface area contributed by atoms with Crippen molar-refractivity contribution in [2.45, 2.75) is 0 Å². The fourth-order valence-corrected chi connectivity index (χ4v) is 2.98. The Morgan fingerprint density at radius 3 is 2.88 bits per heavy atom. The molecule has 26 heavy (non-hydrogen) atoms. The fourth-order valence-electron chi connectivity index (χ4n) is 1.98. The van der Waals surface area contributed by atoms with Crippen molar-refractivity contribution < 1.29 is 23.5 Å². The fraction of sp³-hybridized carbons (Fsp3) is 0.118. The maximum absolute atomic E-state index is 12.3. The predicted molar refractivity (Wildman–Crippen MR) is 96.7 cm³/mol. The van der Waals surface area contributed by atoms with Gasteiger partial charge >= 0.3 is 5.97 Å². The largest absolute Gasteiger partial charge is 0.480 e. The van der Waals surface area contributed by atoms with Gasteiger partial charge in [0.15, 0.2) is 17.4 Å². The number of carbonyl (C=O) groups is 2. The smallest absolute Gasteiger partial charge is 0.343 e. The Hall–Kier alpha value is -2.84. The lowest BCUT2D eigenvalue weighted by atomic mass is 10.3. The molecule has 0 saturated heterocycles. The molecule has 1 aromatic carbocycles. The molecular formula is C17H13ClN2O5S. The van der Waals surface area contributed by atoms with Gasteiger partial charge in [0.25, 0.3) is 5.91 Å². The maximum atomic E-state index is 12.3. The van der Waals surface area contributed by atoms with Crippen molar-refractivity contribution in [2.24, 2.45) is 0 Å². The molecule has 2 aromatic heterocycles. The van der Waals surface area contributed by atoms with Gasteiger partial charge in [0.1, 0.15) is 11.4 Å². The first-order valence-electron chi connectivity index (χ1n) is 7.36. The van der Waals surface area contributed by atoms with Gasteiger partial charge < -0.3 is 19.2 Å². The van der Waals surface area contributed by atoms with Gasteiger partial charge in [-0.25, -0.2) is 9.78 Å². The van der Waals surface area contributed by atoms with E-state index in [0.717, 1.165) is 0 Å². The molecule has 0 atom stereocenters. The standard InChI is InChI=1S/C17H13ClN2O5S/c1-23-15(21)8-25-13-5-4-10(7-11(13)18)19-16(22)12-9-26-17(20-12)14-3-2-6-24-14/h2-7,9H,8H2,1H3,(H,19,22). The molecule has 1 amide bonds. The highest BCUT2D eigenvalue weighted by molar-refractivity contribution is 7.13. The van der Waals surface area contributed by atoms with Crippen LogP contribution in [0.1, 0.15) is 10.5 Å². The molecule has 3 rings (SSSR count). The minimum absolute atomic E-state index is 0.251. The third kappa shape index (κ3) is 4.22. The summed E-state index contributed by atoms with van der Waals surface area (Å²) in [6, 6.07) is 8.20. The number of nitrogens with one attached hydrogen (secondary N) is 1. The van der Waals surface area contributed by atoms with Crippen molar-refractivity contribution in [1.82, 2.24) is 4.98 Å². The zero-order valence-corrected chi connectivity index (χ0v) is 15.1. The second kappa shape index (κ2) is 8.03. The highest BCUT2D eigenvalue weighted by Crippen LogP contribution is 2.28. The number of nitrogens with zero attached hydrogens (tertiary/aromatic N) is 1. The second-order valence-corrected chi connectivity index (χ2v) is 6.24. The van der Waals surface area contributed by atoms with E-state index in [0.29, 0.717) is 22.2 Å². The Morgan fingerprint density at radius 2 is 2.19 bits per heavy atom. The molecule has 0 radical (unpaired) electrons. The van der Waals surface area contributed by atoms with Gasteiger partial charge in [-0.1, -0.05) is 11.6 Å². The van der Waals surface area contributed by atoms with Gasteiger partial charge in [0.2, 0.25) is 0 Å². The summed E-state index contributed by atoms with van der Waals surface area (Å²) in [6.07, 6.45) is 1.54. The van der Waals surface area contributed by atoms with E-state index < -0.39 is 5.97 Å². The zero-order chi connectivity index (χ0) is 18.5. The molecule has 0 fully saturated rings. The highest BCUT2D eigenvalue weighted by atomic mass is 35.5. The van der Waals surface area contributed by atoms with Crippen LogP contribution in [-0.2, 0) is 9.53 Å². The summed E-state index contributed by atoms with van der Waals surface area (Å²) >= 11 is 7.41. The number of methoxy groups -OCH3 is 1. The van der Waals surface area contributed by atoms with E-state index in [4.69, 9.17) is 20.8 Å². The quantitative estimate of drug-likeness (QED) is 0.640. The number of amides is 1. The molecule has 0 spiro atoms. The zero-order valence-electron chi connectivity index (χ0n) is 13.5. The maximum Gasteiger partial charge on any atom is 0.343 e. The van der Waals surface area contributed by atoms with Gasteiger partial charge in [-0.05, 0) is 30.3 Å². The first kappa shape index (κ1) is 18.0. The molecule has 2 heterocycles. The van der Waals surface area contributed by atoms with Gasteiger partial charge in [0, 0.05) is 11.1 Å². The number of ether oxygens (including phenoxy) is 2. The molecule has 3 aromatic rings. The number of benzene rings is 1. The minimum Gasteiger partial charge on any atom is -0.480 e. The van der Waals surface area contributed by atoms with Crippen LogP contribution in [0.15, 0.2) is 46.4 Å². The number of hydrogen-bond donors (Lipinski definition) is 1. The van der Waals surface area contributed by atoms with Crippen LogP contribution in [0.4, 0.5) is 5.69 Å². The first-order valence-corrected chi connectivity index (χ1v) is 8.62. The number of anilines is 1. The van der Waals surface area contributed by atoms with Gasteiger partial charge in [-0.3, -0.25) is 4.79 Å². The number of carbonyl (C=O) groups excluding carboxylic acids is 2. The second-order valence-electron chi connectivity index (χ2n) is 4.98. The molecule has 0 aliphatic carbocycles. The lowest BCUT2D eigenvalue weighted by molar-refractivity contribution is -0.142. The van der Waals surface area contributed by atoms with Crippen molar-refractivity contribution in [3.05, 3.63) is 52.7 Å². The Bertz CT molecular complexity index is 923. The molecule has 0 aliphatic rings. The van der Waals surface area contributed by atoms with E-state index >= 15 is 0 Å².